The Morgan fingerprint density at radius 1 is 1.38 bits per heavy atom. The highest BCUT2D eigenvalue weighted by Gasteiger charge is 2.19. The highest BCUT2D eigenvalue weighted by atomic mass is 32.1. The molecule has 2 aromatic rings. The summed E-state index contributed by atoms with van der Waals surface area (Å²) in [6, 6.07) is 3.65. The van der Waals surface area contributed by atoms with E-state index in [1.807, 2.05) is 0 Å². The predicted molar refractivity (Wildman–Crippen MR) is 76.5 cm³/mol. The zero-order valence-corrected chi connectivity index (χ0v) is 12.4. The van der Waals surface area contributed by atoms with E-state index in [4.69, 9.17) is 4.74 Å². The van der Waals surface area contributed by atoms with Crippen LogP contribution in [0.4, 0.5) is 13.8 Å². The Morgan fingerprint density at radius 2 is 2.14 bits per heavy atom. The van der Waals surface area contributed by atoms with E-state index >= 15 is 0 Å². The van der Waals surface area contributed by atoms with Gasteiger partial charge in [-0.2, -0.15) is 4.37 Å². The summed E-state index contributed by atoms with van der Waals surface area (Å²) in [6.07, 6.45) is 0. The molecule has 1 heterocycles. The Bertz CT molecular complexity index is 658. The van der Waals surface area contributed by atoms with Crippen LogP contribution in [-0.2, 0) is 11.3 Å². The summed E-state index contributed by atoms with van der Waals surface area (Å²) >= 11 is 1.13. The van der Waals surface area contributed by atoms with Gasteiger partial charge in [-0.05, 0) is 43.1 Å². The van der Waals surface area contributed by atoms with Crippen LogP contribution in [0.1, 0.15) is 28.5 Å². The van der Waals surface area contributed by atoms with Gasteiger partial charge in [0.15, 0.2) is 11.6 Å². The van der Waals surface area contributed by atoms with Gasteiger partial charge in [0.1, 0.15) is 10.6 Å². The SMILES string of the molecule is CCOC(=O)c1c(C)nsc1NCc1ccc(F)c(F)c1. The Hall–Kier alpha value is -2.02. The van der Waals surface area contributed by atoms with Crippen molar-refractivity contribution in [3.05, 3.63) is 46.7 Å². The lowest BCUT2D eigenvalue weighted by molar-refractivity contribution is 0.0527. The number of halogens is 2. The molecule has 1 N–H and O–H groups in total. The Balaban J connectivity index is 2.13. The minimum Gasteiger partial charge on any atom is -0.462 e. The molecule has 112 valence electrons. The number of aryl methyl sites for hydroxylation is 1. The fraction of sp³-hybridized carbons (Fsp3) is 0.286. The molecule has 0 fully saturated rings. The molecule has 1 aromatic carbocycles. The van der Waals surface area contributed by atoms with Gasteiger partial charge < -0.3 is 10.1 Å². The molecule has 0 aliphatic heterocycles. The van der Waals surface area contributed by atoms with Crippen LogP contribution in [0.25, 0.3) is 0 Å². The third kappa shape index (κ3) is 3.55. The second-order valence-electron chi connectivity index (χ2n) is 4.29. The maximum Gasteiger partial charge on any atom is 0.343 e. The van der Waals surface area contributed by atoms with Crippen molar-refractivity contribution in [3.63, 3.8) is 0 Å². The zero-order valence-electron chi connectivity index (χ0n) is 11.6. The molecule has 1 aromatic heterocycles. The van der Waals surface area contributed by atoms with E-state index in [1.165, 1.54) is 6.07 Å². The van der Waals surface area contributed by atoms with E-state index in [0.717, 1.165) is 23.7 Å². The summed E-state index contributed by atoms with van der Waals surface area (Å²) in [6.45, 7) is 3.97. The molecule has 21 heavy (non-hydrogen) atoms. The van der Waals surface area contributed by atoms with E-state index in [-0.39, 0.29) is 13.2 Å². The summed E-state index contributed by atoms with van der Waals surface area (Å²) < 4.78 is 35.1. The van der Waals surface area contributed by atoms with Gasteiger partial charge >= 0.3 is 5.97 Å². The molecule has 0 amide bonds. The molecule has 0 saturated carbocycles. The molecular formula is C14H14F2N2O2S. The molecule has 0 unspecified atom stereocenters. The lowest BCUT2D eigenvalue weighted by atomic mass is 10.2. The highest BCUT2D eigenvalue weighted by molar-refractivity contribution is 7.10. The summed E-state index contributed by atoms with van der Waals surface area (Å²) in [4.78, 5) is 11.9. The maximum atomic E-state index is 13.1. The van der Waals surface area contributed by atoms with Crippen molar-refractivity contribution in [1.82, 2.24) is 4.37 Å². The van der Waals surface area contributed by atoms with Gasteiger partial charge in [-0.1, -0.05) is 6.07 Å². The topological polar surface area (TPSA) is 51.2 Å². The normalized spacial score (nSPS) is 10.5. The minimum atomic E-state index is -0.902. The lowest BCUT2D eigenvalue weighted by Gasteiger charge is -2.07. The van der Waals surface area contributed by atoms with Gasteiger partial charge in [0.05, 0.1) is 12.3 Å². The number of carbonyl (C=O) groups is 1. The van der Waals surface area contributed by atoms with Gasteiger partial charge in [-0.15, -0.1) is 0 Å². The first-order chi connectivity index (χ1) is 10.0. The van der Waals surface area contributed by atoms with Gasteiger partial charge in [0.2, 0.25) is 0 Å². The van der Waals surface area contributed by atoms with Crippen molar-refractivity contribution in [2.45, 2.75) is 20.4 Å². The summed E-state index contributed by atoms with van der Waals surface area (Å²) in [5.41, 5.74) is 1.52. The number of nitrogens with zero attached hydrogens (tertiary/aromatic N) is 1. The molecule has 0 radical (unpaired) electrons. The fourth-order valence-electron chi connectivity index (χ4n) is 1.77. The molecule has 0 saturated heterocycles. The Morgan fingerprint density at radius 3 is 2.81 bits per heavy atom. The number of nitrogens with one attached hydrogen (secondary N) is 1. The molecule has 7 heteroatoms. The lowest BCUT2D eigenvalue weighted by Crippen LogP contribution is -2.09. The quantitative estimate of drug-likeness (QED) is 0.858. The van der Waals surface area contributed by atoms with E-state index < -0.39 is 17.6 Å². The smallest absolute Gasteiger partial charge is 0.343 e. The van der Waals surface area contributed by atoms with Gasteiger partial charge in [0, 0.05) is 6.54 Å². The second-order valence-corrected chi connectivity index (χ2v) is 5.07. The van der Waals surface area contributed by atoms with Crippen LogP contribution in [0, 0.1) is 18.6 Å². The van der Waals surface area contributed by atoms with Crippen molar-refractivity contribution in [2.75, 3.05) is 11.9 Å². The summed E-state index contributed by atoms with van der Waals surface area (Å²) in [7, 11) is 0. The number of hydrogen-bond acceptors (Lipinski definition) is 5. The van der Waals surface area contributed by atoms with Crippen molar-refractivity contribution < 1.29 is 18.3 Å². The Labute approximate surface area is 124 Å². The van der Waals surface area contributed by atoms with E-state index in [9.17, 15) is 13.6 Å². The average molecular weight is 312 g/mol. The molecular weight excluding hydrogens is 298 g/mol. The van der Waals surface area contributed by atoms with Crippen molar-refractivity contribution in [1.29, 1.82) is 0 Å². The van der Waals surface area contributed by atoms with Crippen LogP contribution >= 0.6 is 11.5 Å². The standard InChI is InChI=1S/C14H14F2N2O2S/c1-3-20-14(19)12-8(2)18-21-13(12)17-7-9-4-5-10(15)11(16)6-9/h4-6,17H,3,7H2,1-2H3. The molecule has 0 spiro atoms. The molecule has 0 aliphatic rings. The second kappa shape index (κ2) is 6.62. The van der Waals surface area contributed by atoms with Crippen LogP contribution in [0.2, 0.25) is 0 Å². The number of hydrogen-bond donors (Lipinski definition) is 1. The van der Waals surface area contributed by atoms with Crippen molar-refractivity contribution >= 4 is 22.5 Å². The number of anilines is 1. The van der Waals surface area contributed by atoms with E-state index in [0.29, 0.717) is 21.8 Å². The number of carbonyl (C=O) groups excluding carboxylic acids is 1. The monoisotopic (exact) mass is 312 g/mol. The zero-order chi connectivity index (χ0) is 15.4. The van der Waals surface area contributed by atoms with Crippen LogP contribution in [0.15, 0.2) is 18.2 Å². The third-order valence-electron chi connectivity index (χ3n) is 2.78. The maximum absolute atomic E-state index is 13.1. The molecule has 0 aliphatic carbocycles. The minimum absolute atomic E-state index is 0.255. The van der Waals surface area contributed by atoms with Gasteiger partial charge in [0.25, 0.3) is 0 Å². The summed E-state index contributed by atoms with van der Waals surface area (Å²) in [5, 5.41) is 3.55. The largest absolute Gasteiger partial charge is 0.462 e. The third-order valence-corrected chi connectivity index (χ3v) is 3.68. The number of esters is 1. The summed E-state index contributed by atoms with van der Waals surface area (Å²) in [5.74, 6) is -2.24. The predicted octanol–water partition coefficient (Wildman–Crippen LogP) is 3.52. The first kappa shape index (κ1) is 15.4. The van der Waals surface area contributed by atoms with Crippen LogP contribution in [0.5, 0.6) is 0 Å². The van der Waals surface area contributed by atoms with E-state index in [1.54, 1.807) is 13.8 Å². The number of benzene rings is 1. The number of ether oxygens (including phenoxy) is 1. The van der Waals surface area contributed by atoms with Crippen LogP contribution < -0.4 is 5.32 Å². The van der Waals surface area contributed by atoms with Crippen molar-refractivity contribution in [2.24, 2.45) is 0 Å². The van der Waals surface area contributed by atoms with E-state index in [2.05, 4.69) is 9.69 Å². The Kier molecular flexibility index (Phi) is 4.85. The molecule has 0 bridgehead atoms. The molecule has 2 rings (SSSR count). The van der Waals surface area contributed by atoms with Gasteiger partial charge in [-0.3, -0.25) is 0 Å². The molecule has 0 atom stereocenters. The first-order valence-corrected chi connectivity index (χ1v) is 7.11. The fourth-order valence-corrected chi connectivity index (χ4v) is 2.54. The van der Waals surface area contributed by atoms with Crippen LogP contribution in [0.3, 0.4) is 0 Å². The van der Waals surface area contributed by atoms with Crippen LogP contribution in [-0.4, -0.2) is 16.9 Å². The molecule has 4 nitrogen and oxygen atoms in total. The number of rotatable bonds is 5. The first-order valence-electron chi connectivity index (χ1n) is 6.34. The van der Waals surface area contributed by atoms with Gasteiger partial charge in [-0.25, -0.2) is 13.6 Å². The van der Waals surface area contributed by atoms with Crippen molar-refractivity contribution in [3.8, 4) is 0 Å². The number of aromatic nitrogens is 1. The average Bonchev–Trinajstić information content (AvgIpc) is 2.81. The highest BCUT2D eigenvalue weighted by Crippen LogP contribution is 2.26.